The van der Waals surface area contributed by atoms with Gasteiger partial charge in [-0.1, -0.05) is 17.7 Å². The number of carbonyl (C=O) groups is 1. The SMILES string of the molecule is Cc1ccc(-n2nc(C)cc2NC(=O)N2CCOC3(CCCOC3)C2)cc1. The Morgan fingerprint density at radius 3 is 2.78 bits per heavy atom. The number of aryl methyl sites for hydroxylation is 2. The second kappa shape index (κ2) is 7.32. The van der Waals surface area contributed by atoms with E-state index in [0.717, 1.165) is 30.8 Å². The molecule has 1 aromatic carbocycles. The van der Waals surface area contributed by atoms with Crippen LogP contribution in [0.15, 0.2) is 30.3 Å². The summed E-state index contributed by atoms with van der Waals surface area (Å²) >= 11 is 0. The van der Waals surface area contributed by atoms with E-state index in [9.17, 15) is 4.79 Å². The van der Waals surface area contributed by atoms with E-state index in [1.54, 1.807) is 4.68 Å². The molecule has 1 atom stereocenters. The lowest BCUT2D eigenvalue weighted by Gasteiger charge is -2.44. The number of aromatic nitrogens is 2. The highest BCUT2D eigenvalue weighted by Crippen LogP contribution is 2.28. The van der Waals surface area contributed by atoms with Crippen LogP contribution in [0, 0.1) is 13.8 Å². The summed E-state index contributed by atoms with van der Waals surface area (Å²) in [4.78, 5) is 14.7. The Bertz CT molecular complexity index is 804. The van der Waals surface area contributed by atoms with E-state index in [4.69, 9.17) is 9.47 Å². The summed E-state index contributed by atoms with van der Waals surface area (Å²) in [7, 11) is 0. The average molecular weight is 370 g/mol. The fourth-order valence-corrected chi connectivity index (χ4v) is 3.74. The standard InChI is InChI=1S/C20H26N4O3/c1-15-4-6-17(7-5-15)24-18(12-16(2)22-24)21-19(25)23-9-11-27-20(13-23)8-3-10-26-14-20/h4-7,12H,3,8-11,13-14H2,1-2H3,(H,21,25). The van der Waals surface area contributed by atoms with Crippen molar-refractivity contribution < 1.29 is 14.3 Å². The summed E-state index contributed by atoms with van der Waals surface area (Å²) in [5, 5.41) is 7.56. The summed E-state index contributed by atoms with van der Waals surface area (Å²) in [5.74, 6) is 0.668. The van der Waals surface area contributed by atoms with Gasteiger partial charge in [-0.15, -0.1) is 0 Å². The van der Waals surface area contributed by atoms with Gasteiger partial charge in [0.1, 0.15) is 11.4 Å². The van der Waals surface area contributed by atoms with Crippen molar-refractivity contribution in [2.75, 3.05) is 38.2 Å². The van der Waals surface area contributed by atoms with Gasteiger partial charge in [0.15, 0.2) is 0 Å². The molecular weight excluding hydrogens is 344 g/mol. The number of anilines is 1. The first-order valence-electron chi connectivity index (χ1n) is 9.46. The highest BCUT2D eigenvalue weighted by atomic mass is 16.5. The second-order valence-corrected chi connectivity index (χ2v) is 7.46. The van der Waals surface area contributed by atoms with Gasteiger partial charge in [0.05, 0.1) is 31.1 Å². The molecule has 27 heavy (non-hydrogen) atoms. The number of morpholine rings is 1. The highest BCUT2D eigenvalue weighted by Gasteiger charge is 2.40. The lowest BCUT2D eigenvalue weighted by molar-refractivity contribution is -0.159. The van der Waals surface area contributed by atoms with Crippen molar-refractivity contribution in [3.05, 3.63) is 41.6 Å². The first-order chi connectivity index (χ1) is 13.0. The Morgan fingerprint density at radius 2 is 2.04 bits per heavy atom. The molecule has 2 aliphatic rings. The maximum atomic E-state index is 12.9. The molecule has 0 aliphatic carbocycles. The zero-order valence-electron chi connectivity index (χ0n) is 15.9. The van der Waals surface area contributed by atoms with Gasteiger partial charge in [0.25, 0.3) is 0 Å². The number of ether oxygens (including phenoxy) is 2. The van der Waals surface area contributed by atoms with Gasteiger partial charge in [0.2, 0.25) is 0 Å². The third kappa shape index (κ3) is 3.84. The molecule has 1 unspecified atom stereocenters. The van der Waals surface area contributed by atoms with Crippen molar-refractivity contribution in [1.29, 1.82) is 0 Å². The van der Waals surface area contributed by atoms with Crippen molar-refractivity contribution in [1.82, 2.24) is 14.7 Å². The number of amides is 2. The van der Waals surface area contributed by atoms with Gasteiger partial charge >= 0.3 is 6.03 Å². The fourth-order valence-electron chi connectivity index (χ4n) is 3.74. The van der Waals surface area contributed by atoms with E-state index in [-0.39, 0.29) is 11.6 Å². The summed E-state index contributed by atoms with van der Waals surface area (Å²) in [5.41, 5.74) is 2.59. The quantitative estimate of drug-likeness (QED) is 0.883. The van der Waals surface area contributed by atoms with E-state index in [1.165, 1.54) is 5.56 Å². The number of urea groups is 1. The third-order valence-electron chi connectivity index (χ3n) is 5.17. The highest BCUT2D eigenvalue weighted by molar-refractivity contribution is 5.89. The molecule has 144 valence electrons. The maximum absolute atomic E-state index is 12.9. The van der Waals surface area contributed by atoms with E-state index in [1.807, 2.05) is 49.1 Å². The number of benzene rings is 1. The van der Waals surface area contributed by atoms with Gasteiger partial charge in [0, 0.05) is 19.2 Å². The first kappa shape index (κ1) is 18.0. The van der Waals surface area contributed by atoms with Crippen LogP contribution in [0.2, 0.25) is 0 Å². The molecule has 2 aliphatic heterocycles. The predicted octanol–water partition coefficient (Wildman–Crippen LogP) is 2.90. The van der Waals surface area contributed by atoms with Gasteiger partial charge < -0.3 is 14.4 Å². The van der Waals surface area contributed by atoms with Crippen molar-refractivity contribution in [2.45, 2.75) is 32.3 Å². The molecule has 7 nitrogen and oxygen atoms in total. The molecule has 1 N–H and O–H groups in total. The topological polar surface area (TPSA) is 68.6 Å². The van der Waals surface area contributed by atoms with Crippen molar-refractivity contribution >= 4 is 11.8 Å². The van der Waals surface area contributed by atoms with Crippen LogP contribution in [0.3, 0.4) is 0 Å². The number of hydrogen-bond acceptors (Lipinski definition) is 4. The molecule has 0 bridgehead atoms. The first-order valence-corrected chi connectivity index (χ1v) is 9.46. The smallest absolute Gasteiger partial charge is 0.323 e. The number of rotatable bonds is 2. The molecule has 4 rings (SSSR count). The largest absolute Gasteiger partial charge is 0.378 e. The second-order valence-electron chi connectivity index (χ2n) is 7.46. The zero-order chi connectivity index (χ0) is 18.9. The van der Waals surface area contributed by atoms with E-state index in [2.05, 4.69) is 10.4 Å². The number of nitrogens with one attached hydrogen (secondary N) is 1. The van der Waals surface area contributed by atoms with Gasteiger partial charge in [-0.2, -0.15) is 5.10 Å². The summed E-state index contributed by atoms with van der Waals surface area (Å²) in [6.07, 6.45) is 1.89. The predicted molar refractivity (Wildman–Crippen MR) is 102 cm³/mol. The van der Waals surface area contributed by atoms with Crippen molar-refractivity contribution in [3.63, 3.8) is 0 Å². The Balaban J connectivity index is 1.50. The summed E-state index contributed by atoms with van der Waals surface area (Å²) in [6.45, 7) is 6.95. The van der Waals surface area contributed by atoms with Crippen molar-refractivity contribution in [3.8, 4) is 5.69 Å². The Labute approximate surface area is 159 Å². The van der Waals surface area contributed by atoms with Gasteiger partial charge in [-0.3, -0.25) is 5.32 Å². The van der Waals surface area contributed by atoms with Crippen LogP contribution >= 0.6 is 0 Å². The Kier molecular flexibility index (Phi) is 4.88. The molecule has 1 spiro atoms. The molecule has 2 aromatic rings. The lowest BCUT2D eigenvalue weighted by Crippen LogP contribution is -2.58. The Hall–Kier alpha value is -2.38. The molecule has 0 saturated carbocycles. The fraction of sp³-hybridized carbons (Fsp3) is 0.500. The Morgan fingerprint density at radius 1 is 1.22 bits per heavy atom. The van der Waals surface area contributed by atoms with Crippen LogP contribution in [0.5, 0.6) is 0 Å². The van der Waals surface area contributed by atoms with Gasteiger partial charge in [-0.05, 0) is 38.8 Å². The molecule has 3 heterocycles. The summed E-state index contributed by atoms with van der Waals surface area (Å²) in [6, 6.07) is 9.83. The maximum Gasteiger partial charge on any atom is 0.323 e. The molecular formula is C20H26N4O3. The van der Waals surface area contributed by atoms with E-state index < -0.39 is 0 Å². The minimum Gasteiger partial charge on any atom is -0.378 e. The average Bonchev–Trinajstić information content (AvgIpc) is 3.03. The number of carbonyl (C=O) groups excluding carboxylic acids is 1. The molecule has 1 aromatic heterocycles. The summed E-state index contributed by atoms with van der Waals surface area (Å²) < 4.78 is 13.4. The van der Waals surface area contributed by atoms with Crippen LogP contribution in [0.1, 0.15) is 24.1 Å². The van der Waals surface area contributed by atoms with Crippen molar-refractivity contribution in [2.24, 2.45) is 0 Å². The molecule has 2 fully saturated rings. The zero-order valence-corrected chi connectivity index (χ0v) is 15.9. The lowest BCUT2D eigenvalue weighted by atomic mass is 9.94. The monoisotopic (exact) mass is 370 g/mol. The van der Waals surface area contributed by atoms with E-state index >= 15 is 0 Å². The minimum absolute atomic E-state index is 0.128. The molecule has 7 heteroatoms. The van der Waals surface area contributed by atoms with Crippen LogP contribution < -0.4 is 5.32 Å². The van der Waals surface area contributed by atoms with Gasteiger partial charge in [-0.25, -0.2) is 9.48 Å². The normalized spacial score (nSPS) is 22.8. The molecule has 0 radical (unpaired) electrons. The molecule has 2 amide bonds. The number of nitrogens with zero attached hydrogens (tertiary/aromatic N) is 3. The van der Waals surface area contributed by atoms with Crippen LogP contribution in [-0.4, -0.2) is 59.2 Å². The van der Waals surface area contributed by atoms with Crippen LogP contribution in [0.25, 0.3) is 5.69 Å². The van der Waals surface area contributed by atoms with Crippen LogP contribution in [-0.2, 0) is 9.47 Å². The van der Waals surface area contributed by atoms with Crippen LogP contribution in [0.4, 0.5) is 10.6 Å². The third-order valence-corrected chi connectivity index (χ3v) is 5.17. The van der Waals surface area contributed by atoms with E-state index in [0.29, 0.717) is 32.1 Å². The molecule has 2 saturated heterocycles. The number of hydrogen-bond donors (Lipinski definition) is 1. The minimum atomic E-state index is -0.360.